The van der Waals surface area contributed by atoms with Gasteiger partial charge in [0.15, 0.2) is 0 Å². The first kappa shape index (κ1) is 11.5. The Hall–Kier alpha value is -0.960. The van der Waals surface area contributed by atoms with E-state index in [0.29, 0.717) is 12.3 Å². The van der Waals surface area contributed by atoms with E-state index < -0.39 is 0 Å². The van der Waals surface area contributed by atoms with Gasteiger partial charge in [-0.3, -0.25) is 0 Å². The second-order valence-corrected chi connectivity index (χ2v) is 4.54. The number of alkyl halides is 1. The zero-order valence-electron chi connectivity index (χ0n) is 9.25. The highest BCUT2D eigenvalue weighted by Crippen LogP contribution is 2.27. The van der Waals surface area contributed by atoms with E-state index in [0.717, 1.165) is 24.4 Å². The molecular formula is C12H16ClNO2. The molecule has 0 aromatic carbocycles. The molecule has 0 amide bonds. The van der Waals surface area contributed by atoms with E-state index in [-0.39, 0.29) is 12.1 Å². The minimum atomic E-state index is -0.241. The van der Waals surface area contributed by atoms with Crippen LogP contribution in [0.15, 0.2) is 23.9 Å². The highest BCUT2D eigenvalue weighted by Gasteiger charge is 2.31. The quantitative estimate of drug-likeness (QED) is 0.429. The Morgan fingerprint density at radius 1 is 1.56 bits per heavy atom. The summed E-state index contributed by atoms with van der Waals surface area (Å²) < 4.78 is 5.27. The van der Waals surface area contributed by atoms with Gasteiger partial charge in [0.1, 0.15) is 6.10 Å². The number of carbonyl (C=O) groups is 1. The van der Waals surface area contributed by atoms with Crippen molar-refractivity contribution in [1.82, 2.24) is 4.90 Å². The molecule has 0 aliphatic carbocycles. The van der Waals surface area contributed by atoms with Crippen LogP contribution in [0.2, 0.25) is 0 Å². The lowest BCUT2D eigenvalue weighted by Gasteiger charge is -2.24. The number of cyclic esters (lactones) is 1. The van der Waals surface area contributed by atoms with E-state index >= 15 is 0 Å². The topological polar surface area (TPSA) is 29.5 Å². The summed E-state index contributed by atoms with van der Waals surface area (Å²) in [5.74, 6) is 0.177. The molecule has 0 bridgehead atoms. The van der Waals surface area contributed by atoms with Gasteiger partial charge in [-0.15, -0.1) is 11.6 Å². The fourth-order valence-electron chi connectivity index (χ4n) is 2.18. The second kappa shape index (κ2) is 4.91. The molecule has 2 aliphatic heterocycles. The Labute approximate surface area is 101 Å². The third kappa shape index (κ3) is 2.40. The van der Waals surface area contributed by atoms with E-state index in [9.17, 15) is 4.79 Å². The van der Waals surface area contributed by atoms with Crippen LogP contribution in [0.5, 0.6) is 0 Å². The van der Waals surface area contributed by atoms with Crippen LogP contribution in [-0.2, 0) is 9.53 Å². The van der Waals surface area contributed by atoms with Gasteiger partial charge < -0.3 is 9.64 Å². The zero-order chi connectivity index (χ0) is 11.5. The lowest BCUT2D eigenvalue weighted by molar-refractivity contribution is -0.138. The molecule has 1 atom stereocenters. The van der Waals surface area contributed by atoms with E-state index in [2.05, 4.69) is 11.5 Å². The molecule has 0 N–H and O–H groups in total. The molecule has 0 aromatic rings. The van der Waals surface area contributed by atoms with Crippen molar-refractivity contribution in [2.24, 2.45) is 0 Å². The summed E-state index contributed by atoms with van der Waals surface area (Å²) >= 11 is 5.70. The molecule has 2 rings (SSSR count). The van der Waals surface area contributed by atoms with Crippen molar-refractivity contribution in [1.29, 1.82) is 0 Å². The molecular weight excluding hydrogens is 226 g/mol. The zero-order valence-corrected chi connectivity index (χ0v) is 10.0. The van der Waals surface area contributed by atoms with Gasteiger partial charge in [0, 0.05) is 31.5 Å². The lowest BCUT2D eigenvalue weighted by atomic mass is 10.1. The van der Waals surface area contributed by atoms with Crippen molar-refractivity contribution in [2.45, 2.75) is 25.4 Å². The van der Waals surface area contributed by atoms with E-state index in [4.69, 9.17) is 16.3 Å². The third-order valence-electron chi connectivity index (χ3n) is 2.99. The van der Waals surface area contributed by atoms with Gasteiger partial charge in [-0.05, 0) is 12.8 Å². The monoisotopic (exact) mass is 241 g/mol. The third-order valence-corrected chi connectivity index (χ3v) is 3.37. The smallest absolute Gasteiger partial charge is 0.333 e. The van der Waals surface area contributed by atoms with E-state index in [1.807, 2.05) is 0 Å². The van der Waals surface area contributed by atoms with Gasteiger partial charge in [0.2, 0.25) is 0 Å². The molecule has 2 aliphatic rings. The van der Waals surface area contributed by atoms with Crippen LogP contribution in [0.3, 0.4) is 0 Å². The molecule has 88 valence electrons. The molecule has 3 nitrogen and oxygen atoms in total. The van der Waals surface area contributed by atoms with Crippen molar-refractivity contribution >= 4 is 17.6 Å². The van der Waals surface area contributed by atoms with Crippen LogP contribution in [0.1, 0.15) is 19.3 Å². The second-order valence-electron chi connectivity index (χ2n) is 4.28. The summed E-state index contributed by atoms with van der Waals surface area (Å²) in [6, 6.07) is 0. The first-order valence-corrected chi connectivity index (χ1v) is 6.14. The Morgan fingerprint density at radius 2 is 2.25 bits per heavy atom. The average Bonchev–Trinajstić information content (AvgIpc) is 2.87. The number of halogens is 1. The summed E-state index contributed by atoms with van der Waals surface area (Å²) in [4.78, 5) is 13.5. The fraction of sp³-hybridized carbons (Fsp3) is 0.583. The number of nitrogens with zero attached hydrogens (tertiary/aromatic N) is 1. The molecule has 0 spiro atoms. The highest BCUT2D eigenvalue weighted by molar-refractivity contribution is 6.19. The molecule has 2 heterocycles. The molecule has 1 saturated heterocycles. The number of ether oxygens (including phenoxy) is 1. The maximum atomic E-state index is 11.3. The van der Waals surface area contributed by atoms with Crippen molar-refractivity contribution < 1.29 is 9.53 Å². The minimum absolute atomic E-state index is 0.170. The van der Waals surface area contributed by atoms with Crippen molar-refractivity contribution in [3.8, 4) is 0 Å². The van der Waals surface area contributed by atoms with E-state index in [1.54, 1.807) is 6.08 Å². The largest absolute Gasteiger partial charge is 0.452 e. The van der Waals surface area contributed by atoms with Gasteiger partial charge in [-0.25, -0.2) is 4.79 Å². The number of carbonyl (C=O) groups excluding carboxylic acids is 1. The van der Waals surface area contributed by atoms with Gasteiger partial charge in [-0.1, -0.05) is 12.2 Å². The fourth-order valence-corrected chi connectivity index (χ4v) is 2.29. The van der Waals surface area contributed by atoms with Crippen LogP contribution in [0, 0.1) is 0 Å². The molecule has 4 heteroatoms. The first-order valence-electron chi connectivity index (χ1n) is 5.60. The van der Waals surface area contributed by atoms with Gasteiger partial charge in [-0.2, -0.15) is 0 Å². The van der Waals surface area contributed by atoms with E-state index in [1.165, 1.54) is 12.8 Å². The number of hydrogen-bond acceptors (Lipinski definition) is 3. The summed E-state index contributed by atoms with van der Waals surface area (Å²) in [6.45, 7) is 5.89. The average molecular weight is 242 g/mol. The summed E-state index contributed by atoms with van der Waals surface area (Å²) in [7, 11) is 0. The van der Waals surface area contributed by atoms with Gasteiger partial charge >= 0.3 is 5.97 Å². The summed E-state index contributed by atoms with van der Waals surface area (Å²) in [5.41, 5.74) is 1.92. The Morgan fingerprint density at radius 3 is 2.88 bits per heavy atom. The Balaban J connectivity index is 2.04. The Bertz CT molecular complexity index is 332. The summed E-state index contributed by atoms with van der Waals surface area (Å²) in [6.07, 6.45) is 4.45. The number of likely N-dealkylation sites (tertiary alicyclic amines) is 1. The highest BCUT2D eigenvalue weighted by atomic mass is 35.5. The number of hydrogen-bond donors (Lipinski definition) is 0. The SMILES string of the molecule is C=C(CCl)CC1OC(=O)C=C1N1CCCC1. The predicted molar refractivity (Wildman–Crippen MR) is 63.2 cm³/mol. The molecule has 16 heavy (non-hydrogen) atoms. The number of rotatable bonds is 4. The van der Waals surface area contributed by atoms with Gasteiger partial charge in [0.25, 0.3) is 0 Å². The van der Waals surface area contributed by atoms with Crippen LogP contribution >= 0.6 is 11.6 Å². The van der Waals surface area contributed by atoms with Crippen LogP contribution in [-0.4, -0.2) is 35.9 Å². The van der Waals surface area contributed by atoms with Crippen LogP contribution in [0.25, 0.3) is 0 Å². The van der Waals surface area contributed by atoms with Crippen molar-refractivity contribution in [3.63, 3.8) is 0 Å². The minimum Gasteiger partial charge on any atom is -0.452 e. The molecule has 0 saturated carbocycles. The molecule has 1 fully saturated rings. The standard InChI is InChI=1S/C12H16ClNO2/c1-9(8-13)6-11-10(7-12(15)16-11)14-4-2-3-5-14/h7,11H,1-6,8H2. The predicted octanol–water partition coefficient (Wildman–Crippen LogP) is 2.08. The van der Waals surface area contributed by atoms with Gasteiger partial charge in [0.05, 0.1) is 5.70 Å². The normalized spacial score (nSPS) is 24.6. The summed E-state index contributed by atoms with van der Waals surface area (Å²) in [5, 5.41) is 0. The van der Waals surface area contributed by atoms with Crippen molar-refractivity contribution in [2.75, 3.05) is 19.0 Å². The van der Waals surface area contributed by atoms with Crippen LogP contribution < -0.4 is 0 Å². The molecule has 0 aromatic heterocycles. The lowest BCUT2D eigenvalue weighted by Crippen LogP contribution is -2.26. The Kier molecular flexibility index (Phi) is 3.54. The maximum Gasteiger partial charge on any atom is 0.333 e. The maximum absolute atomic E-state index is 11.3. The molecule has 0 radical (unpaired) electrons. The van der Waals surface area contributed by atoms with Crippen molar-refractivity contribution in [3.05, 3.63) is 23.9 Å². The number of esters is 1. The molecule has 1 unspecified atom stereocenters. The first-order chi connectivity index (χ1) is 7.70. The van der Waals surface area contributed by atoms with Crippen LogP contribution in [0.4, 0.5) is 0 Å².